The Bertz CT molecular complexity index is 787. The number of fused-ring (bicyclic) bond motifs is 1. The molecule has 0 aliphatic heterocycles. The van der Waals surface area contributed by atoms with Crippen molar-refractivity contribution in [2.75, 3.05) is 0 Å². The van der Waals surface area contributed by atoms with E-state index in [-0.39, 0.29) is 5.91 Å². The van der Waals surface area contributed by atoms with Crippen molar-refractivity contribution in [3.8, 4) is 0 Å². The van der Waals surface area contributed by atoms with Crippen molar-refractivity contribution in [1.29, 1.82) is 0 Å². The van der Waals surface area contributed by atoms with Crippen LogP contribution in [0.1, 0.15) is 27.3 Å². The molecule has 0 spiro atoms. The van der Waals surface area contributed by atoms with Crippen molar-refractivity contribution in [2.24, 2.45) is 0 Å². The van der Waals surface area contributed by atoms with Gasteiger partial charge in [0, 0.05) is 40.8 Å². The molecule has 2 heterocycles. The Labute approximate surface area is 122 Å². The second-order valence-electron chi connectivity index (χ2n) is 4.99. The molecule has 2 N–H and O–H groups in total. The number of nitrogens with one attached hydrogen (secondary N) is 2. The normalized spacial score (nSPS) is 10.8. The van der Waals surface area contributed by atoms with Gasteiger partial charge in [0.2, 0.25) is 0 Å². The average Bonchev–Trinajstić information content (AvgIpc) is 2.93. The van der Waals surface area contributed by atoms with Crippen molar-refractivity contribution in [1.82, 2.24) is 20.3 Å². The van der Waals surface area contributed by atoms with E-state index < -0.39 is 0 Å². The smallest absolute Gasteiger partial charge is 0.251 e. The van der Waals surface area contributed by atoms with Crippen LogP contribution < -0.4 is 5.32 Å². The number of carbonyl (C=O) groups is 1. The van der Waals surface area contributed by atoms with Crippen LogP contribution in [0, 0.1) is 13.8 Å². The van der Waals surface area contributed by atoms with Gasteiger partial charge in [-0.05, 0) is 37.4 Å². The van der Waals surface area contributed by atoms with Gasteiger partial charge in [0.25, 0.3) is 5.91 Å². The first-order valence-corrected chi connectivity index (χ1v) is 6.77. The Morgan fingerprint density at radius 1 is 1.19 bits per heavy atom. The van der Waals surface area contributed by atoms with E-state index in [1.54, 1.807) is 0 Å². The zero-order valence-electron chi connectivity index (χ0n) is 12.0. The Kier molecular flexibility index (Phi) is 3.39. The quantitative estimate of drug-likeness (QED) is 0.774. The van der Waals surface area contributed by atoms with Crippen LogP contribution >= 0.6 is 0 Å². The van der Waals surface area contributed by atoms with E-state index >= 15 is 0 Å². The SMILES string of the molecule is Cc1ncnc(C)c1CNC(=O)c1ccc2cc[nH]c2c1. The van der Waals surface area contributed by atoms with Crippen molar-refractivity contribution in [3.63, 3.8) is 0 Å². The molecule has 0 fully saturated rings. The van der Waals surface area contributed by atoms with Crippen LogP contribution in [0.5, 0.6) is 0 Å². The number of hydrogen-bond donors (Lipinski definition) is 2. The van der Waals surface area contributed by atoms with Crippen LogP contribution in [-0.2, 0) is 6.54 Å². The minimum absolute atomic E-state index is 0.103. The minimum Gasteiger partial charge on any atom is -0.361 e. The molecule has 0 aliphatic carbocycles. The molecule has 0 unspecified atom stereocenters. The predicted molar refractivity (Wildman–Crippen MR) is 81.0 cm³/mol. The van der Waals surface area contributed by atoms with Crippen LogP contribution in [0.3, 0.4) is 0 Å². The molecule has 3 aromatic rings. The standard InChI is InChI=1S/C16H16N4O/c1-10-14(11(2)20-9-19-10)8-18-16(21)13-4-3-12-5-6-17-15(12)7-13/h3-7,9,17H,8H2,1-2H3,(H,18,21). The summed E-state index contributed by atoms with van der Waals surface area (Å²) in [7, 11) is 0. The number of benzene rings is 1. The molecule has 3 rings (SSSR count). The van der Waals surface area contributed by atoms with Gasteiger partial charge in [-0.3, -0.25) is 4.79 Å². The maximum Gasteiger partial charge on any atom is 0.251 e. The molecule has 2 aromatic heterocycles. The topological polar surface area (TPSA) is 70.7 Å². The fraction of sp³-hybridized carbons (Fsp3) is 0.188. The maximum atomic E-state index is 12.2. The third-order valence-corrected chi connectivity index (χ3v) is 3.62. The molecule has 5 nitrogen and oxygen atoms in total. The van der Waals surface area contributed by atoms with Crippen LogP contribution in [0.15, 0.2) is 36.8 Å². The Morgan fingerprint density at radius 2 is 1.95 bits per heavy atom. The van der Waals surface area contributed by atoms with Crippen LogP contribution in [-0.4, -0.2) is 20.9 Å². The third-order valence-electron chi connectivity index (χ3n) is 3.62. The number of aromatic amines is 1. The first kappa shape index (κ1) is 13.3. The highest BCUT2D eigenvalue weighted by atomic mass is 16.1. The van der Waals surface area contributed by atoms with Gasteiger partial charge in [-0.25, -0.2) is 9.97 Å². The number of rotatable bonds is 3. The summed E-state index contributed by atoms with van der Waals surface area (Å²) >= 11 is 0. The van der Waals surface area contributed by atoms with Crippen LogP contribution in [0.4, 0.5) is 0 Å². The summed E-state index contributed by atoms with van der Waals surface area (Å²) in [4.78, 5) is 23.7. The second-order valence-corrected chi connectivity index (χ2v) is 4.99. The van der Waals surface area contributed by atoms with E-state index in [0.29, 0.717) is 12.1 Å². The summed E-state index contributed by atoms with van der Waals surface area (Å²) in [6, 6.07) is 7.59. The number of carbonyl (C=O) groups excluding carboxylic acids is 1. The van der Waals surface area contributed by atoms with E-state index in [1.807, 2.05) is 44.3 Å². The van der Waals surface area contributed by atoms with Gasteiger partial charge in [0.1, 0.15) is 6.33 Å². The molecule has 1 aromatic carbocycles. The maximum absolute atomic E-state index is 12.2. The second kappa shape index (κ2) is 5.36. The Balaban J connectivity index is 1.77. The van der Waals surface area contributed by atoms with Crippen molar-refractivity contribution >= 4 is 16.8 Å². The molecular formula is C16H16N4O. The zero-order chi connectivity index (χ0) is 14.8. The van der Waals surface area contributed by atoms with Crippen LogP contribution in [0.25, 0.3) is 10.9 Å². The van der Waals surface area contributed by atoms with Gasteiger partial charge in [-0.15, -0.1) is 0 Å². The van der Waals surface area contributed by atoms with Gasteiger partial charge in [-0.2, -0.15) is 0 Å². The summed E-state index contributed by atoms with van der Waals surface area (Å²) in [5, 5.41) is 4.01. The lowest BCUT2D eigenvalue weighted by Crippen LogP contribution is -2.24. The van der Waals surface area contributed by atoms with Crippen molar-refractivity contribution in [3.05, 3.63) is 59.3 Å². The first-order valence-electron chi connectivity index (χ1n) is 6.77. The van der Waals surface area contributed by atoms with Gasteiger partial charge in [-0.1, -0.05) is 6.07 Å². The molecule has 0 saturated heterocycles. The van der Waals surface area contributed by atoms with E-state index in [4.69, 9.17) is 0 Å². The summed E-state index contributed by atoms with van der Waals surface area (Å²) in [5.41, 5.74) is 4.34. The highest BCUT2D eigenvalue weighted by Crippen LogP contribution is 2.14. The highest BCUT2D eigenvalue weighted by Gasteiger charge is 2.09. The number of aryl methyl sites for hydroxylation is 2. The summed E-state index contributed by atoms with van der Waals surface area (Å²) in [6.07, 6.45) is 3.40. The number of nitrogens with zero attached hydrogens (tertiary/aromatic N) is 2. The molecule has 106 valence electrons. The van der Waals surface area contributed by atoms with Crippen LogP contribution in [0.2, 0.25) is 0 Å². The fourth-order valence-corrected chi connectivity index (χ4v) is 2.34. The molecule has 0 radical (unpaired) electrons. The lowest BCUT2D eigenvalue weighted by Gasteiger charge is -2.09. The van der Waals surface area contributed by atoms with Gasteiger partial charge in [0.15, 0.2) is 0 Å². The van der Waals surface area contributed by atoms with E-state index in [2.05, 4.69) is 20.3 Å². The molecule has 0 atom stereocenters. The lowest BCUT2D eigenvalue weighted by atomic mass is 10.1. The van der Waals surface area contributed by atoms with Crippen molar-refractivity contribution < 1.29 is 4.79 Å². The third kappa shape index (κ3) is 2.63. The Hall–Kier alpha value is -2.69. The molecule has 21 heavy (non-hydrogen) atoms. The molecule has 5 heteroatoms. The molecule has 0 saturated carbocycles. The molecule has 0 aliphatic rings. The van der Waals surface area contributed by atoms with E-state index in [0.717, 1.165) is 27.9 Å². The fourth-order valence-electron chi connectivity index (χ4n) is 2.34. The van der Waals surface area contributed by atoms with Gasteiger partial charge >= 0.3 is 0 Å². The Morgan fingerprint density at radius 3 is 2.71 bits per heavy atom. The first-order chi connectivity index (χ1) is 10.1. The highest BCUT2D eigenvalue weighted by molar-refractivity contribution is 5.97. The average molecular weight is 280 g/mol. The summed E-state index contributed by atoms with van der Waals surface area (Å²) in [5.74, 6) is -0.103. The number of amides is 1. The number of hydrogen-bond acceptors (Lipinski definition) is 3. The molecule has 0 bridgehead atoms. The van der Waals surface area contributed by atoms with Gasteiger partial charge < -0.3 is 10.3 Å². The number of H-pyrrole nitrogens is 1. The van der Waals surface area contributed by atoms with E-state index in [9.17, 15) is 4.79 Å². The summed E-state index contributed by atoms with van der Waals surface area (Å²) < 4.78 is 0. The largest absolute Gasteiger partial charge is 0.361 e. The monoisotopic (exact) mass is 280 g/mol. The zero-order valence-corrected chi connectivity index (χ0v) is 12.0. The molecular weight excluding hydrogens is 264 g/mol. The predicted octanol–water partition coefficient (Wildman–Crippen LogP) is 2.50. The van der Waals surface area contributed by atoms with E-state index in [1.165, 1.54) is 6.33 Å². The van der Waals surface area contributed by atoms with Gasteiger partial charge in [0.05, 0.1) is 0 Å². The lowest BCUT2D eigenvalue weighted by molar-refractivity contribution is 0.0951. The number of aromatic nitrogens is 3. The van der Waals surface area contributed by atoms with Crippen molar-refractivity contribution in [2.45, 2.75) is 20.4 Å². The summed E-state index contributed by atoms with van der Waals surface area (Å²) in [6.45, 7) is 4.27. The molecule has 1 amide bonds. The minimum atomic E-state index is -0.103.